The van der Waals surface area contributed by atoms with Crippen molar-refractivity contribution in [2.24, 2.45) is 11.8 Å². The maximum Gasteiger partial charge on any atom is 0.226 e. The summed E-state index contributed by atoms with van der Waals surface area (Å²) >= 11 is 3.14. The number of hydrogen-bond acceptors (Lipinski definition) is 14. The van der Waals surface area contributed by atoms with E-state index in [1.165, 1.54) is 11.8 Å². The second-order valence-electron chi connectivity index (χ2n) is 13.8. The van der Waals surface area contributed by atoms with E-state index in [1.807, 2.05) is 72.8 Å². The van der Waals surface area contributed by atoms with Gasteiger partial charge < -0.3 is 58.3 Å². The minimum Gasteiger partial charge on any atom is -0.491 e. The molecule has 14 heteroatoms. The van der Waals surface area contributed by atoms with Crippen LogP contribution in [0.15, 0.2) is 98.4 Å². The molecule has 2 fully saturated rings. The molecule has 4 aliphatic heterocycles. The summed E-state index contributed by atoms with van der Waals surface area (Å²) in [4.78, 5) is 3.65. The van der Waals surface area contributed by atoms with E-state index in [2.05, 4.69) is 0 Å². The molecule has 0 amide bonds. The maximum atomic E-state index is 9.79. The van der Waals surface area contributed by atoms with Crippen molar-refractivity contribution in [3.63, 3.8) is 0 Å². The Labute approximate surface area is 333 Å². The minimum absolute atomic E-state index is 0.0577. The van der Waals surface area contributed by atoms with Gasteiger partial charge in [0.2, 0.25) is 11.6 Å². The highest BCUT2D eigenvalue weighted by atomic mass is 32.2. The number of benzene rings is 4. The summed E-state index contributed by atoms with van der Waals surface area (Å²) in [5.74, 6) is -0.909. The van der Waals surface area contributed by atoms with Crippen molar-refractivity contribution in [2.45, 2.75) is 50.3 Å². The van der Waals surface area contributed by atoms with Crippen molar-refractivity contribution in [1.82, 2.24) is 0 Å². The summed E-state index contributed by atoms with van der Waals surface area (Å²) in [6.07, 6.45) is 0.771. The third kappa shape index (κ3) is 7.53. The van der Waals surface area contributed by atoms with Gasteiger partial charge in [-0.25, -0.2) is 0 Å². The molecule has 4 aromatic carbocycles. The molecule has 2 saturated heterocycles. The third-order valence-electron chi connectivity index (χ3n) is 10.2. The molecule has 3 atom stereocenters. The van der Waals surface area contributed by atoms with Crippen LogP contribution in [0, 0.1) is 11.8 Å². The average molecular weight is 807 g/mol. The van der Waals surface area contributed by atoms with Crippen LogP contribution in [0.25, 0.3) is 0 Å². The fourth-order valence-corrected chi connectivity index (χ4v) is 10.1. The minimum atomic E-state index is -1.23. The molecule has 56 heavy (non-hydrogen) atoms. The third-order valence-corrected chi connectivity index (χ3v) is 12.6. The van der Waals surface area contributed by atoms with Crippen LogP contribution in [0.4, 0.5) is 0 Å². The Morgan fingerprint density at radius 3 is 1.96 bits per heavy atom. The molecule has 3 unspecified atom stereocenters. The Hall–Kier alpha value is -3.38. The Balaban J connectivity index is 1.01. The predicted octanol–water partition coefficient (Wildman–Crippen LogP) is 5.27. The van der Waals surface area contributed by atoms with Crippen molar-refractivity contribution in [2.75, 3.05) is 72.7 Å². The first-order valence-electron chi connectivity index (χ1n) is 18.9. The molecule has 0 aliphatic carbocycles. The fourth-order valence-electron chi connectivity index (χ4n) is 7.67. The topological polar surface area (TPSA) is 155 Å². The van der Waals surface area contributed by atoms with Crippen LogP contribution in [-0.2, 0) is 35.3 Å². The molecule has 0 aromatic heterocycles. The van der Waals surface area contributed by atoms with E-state index >= 15 is 0 Å². The van der Waals surface area contributed by atoms with Crippen LogP contribution in [0.1, 0.15) is 35.1 Å². The Morgan fingerprint density at radius 1 is 0.589 bits per heavy atom. The van der Waals surface area contributed by atoms with Crippen LogP contribution < -0.4 is 14.2 Å². The highest BCUT2D eigenvalue weighted by molar-refractivity contribution is 7.99. The molecule has 298 valence electrons. The fraction of sp³-hybridized carbons (Fsp3) is 0.429. The molecule has 8 rings (SSSR count). The summed E-state index contributed by atoms with van der Waals surface area (Å²) in [6, 6.07) is 25.5. The quantitative estimate of drug-likeness (QED) is 0.123. The first-order valence-corrected chi connectivity index (χ1v) is 20.6. The van der Waals surface area contributed by atoms with Gasteiger partial charge in [0.1, 0.15) is 25.6 Å². The summed E-state index contributed by atoms with van der Waals surface area (Å²) in [5, 5.41) is 38.1. The van der Waals surface area contributed by atoms with Gasteiger partial charge in [0.15, 0.2) is 17.8 Å². The monoisotopic (exact) mass is 806 g/mol. The van der Waals surface area contributed by atoms with E-state index in [0.29, 0.717) is 43.5 Å². The summed E-state index contributed by atoms with van der Waals surface area (Å²) in [6.45, 7) is 1.12. The van der Waals surface area contributed by atoms with Crippen LogP contribution in [-0.4, -0.2) is 99.4 Å². The number of rotatable bonds is 15. The van der Waals surface area contributed by atoms with Gasteiger partial charge in [0.25, 0.3) is 0 Å². The smallest absolute Gasteiger partial charge is 0.226 e. The zero-order chi connectivity index (χ0) is 38.5. The molecule has 4 aromatic rings. The van der Waals surface area contributed by atoms with Crippen molar-refractivity contribution in [3.8, 4) is 17.2 Å². The molecule has 12 nitrogen and oxygen atoms in total. The number of aliphatic hydroxyl groups excluding tert-OH is 4. The average Bonchev–Trinajstić information content (AvgIpc) is 3.24. The zero-order valence-corrected chi connectivity index (χ0v) is 32.4. The van der Waals surface area contributed by atoms with Gasteiger partial charge in [-0.2, -0.15) is 0 Å². The number of hydrogen-bond donors (Lipinski definition) is 4. The molecule has 0 saturated carbocycles. The Morgan fingerprint density at radius 2 is 1.21 bits per heavy atom. The standard InChI is InChI=1S/C42H46O12S2/c43-15-19-47-29-11-12-32-37(23-29)55-35-7-3-2-6-31(35)42(32)53-26-28(40(54-42)50-22-18-46)10-9-27-24-51-41(52-25-27)30-5-1-4-8-36(30)56-39-33(41)13-14-34(48-20-16-44)38(39)49-21-17-45/h1-8,11-14,23,27-28,40,43-46H,9-10,15-22,24-26H2. The van der Waals surface area contributed by atoms with E-state index in [-0.39, 0.29) is 64.7 Å². The first kappa shape index (κ1) is 39.4. The maximum absolute atomic E-state index is 9.79. The van der Waals surface area contributed by atoms with Crippen molar-refractivity contribution >= 4 is 23.5 Å². The van der Waals surface area contributed by atoms with E-state index in [1.54, 1.807) is 17.8 Å². The molecule has 4 aliphatic rings. The van der Waals surface area contributed by atoms with Crippen molar-refractivity contribution in [1.29, 1.82) is 0 Å². The summed E-state index contributed by atoms with van der Waals surface area (Å²) in [7, 11) is 0. The second-order valence-corrected chi connectivity index (χ2v) is 15.9. The molecule has 0 radical (unpaired) electrons. The van der Waals surface area contributed by atoms with Crippen LogP contribution in [0.3, 0.4) is 0 Å². The summed E-state index contributed by atoms with van der Waals surface area (Å²) < 4.78 is 51.2. The lowest BCUT2D eigenvalue weighted by Gasteiger charge is -2.48. The number of fused-ring (bicyclic) bond motifs is 8. The number of ether oxygens (including phenoxy) is 8. The van der Waals surface area contributed by atoms with E-state index in [9.17, 15) is 20.4 Å². The summed E-state index contributed by atoms with van der Waals surface area (Å²) in [5.41, 5.74) is 3.43. The molecule has 0 bridgehead atoms. The van der Waals surface area contributed by atoms with E-state index in [4.69, 9.17) is 37.9 Å². The lowest BCUT2D eigenvalue weighted by atomic mass is 9.90. The molecule has 4 N–H and O–H groups in total. The van der Waals surface area contributed by atoms with Gasteiger partial charge in [-0.1, -0.05) is 59.9 Å². The van der Waals surface area contributed by atoms with Gasteiger partial charge in [-0.05, 0) is 55.3 Å². The molecule has 4 heterocycles. The predicted molar refractivity (Wildman–Crippen MR) is 205 cm³/mol. The lowest BCUT2D eigenvalue weighted by Crippen LogP contribution is -2.50. The van der Waals surface area contributed by atoms with Crippen molar-refractivity contribution in [3.05, 3.63) is 101 Å². The Kier molecular flexibility index (Phi) is 12.4. The largest absolute Gasteiger partial charge is 0.491 e. The van der Waals surface area contributed by atoms with Gasteiger partial charge in [0, 0.05) is 48.8 Å². The molecular weight excluding hydrogens is 761 g/mol. The van der Waals surface area contributed by atoms with Crippen LogP contribution in [0.2, 0.25) is 0 Å². The van der Waals surface area contributed by atoms with Gasteiger partial charge in [-0.3, -0.25) is 0 Å². The van der Waals surface area contributed by atoms with Gasteiger partial charge in [-0.15, -0.1) is 0 Å². The molecular formula is C42H46O12S2. The normalized spacial score (nSPS) is 24.9. The highest BCUT2D eigenvalue weighted by Gasteiger charge is 2.52. The van der Waals surface area contributed by atoms with Gasteiger partial charge in [0.05, 0.1) is 57.8 Å². The lowest BCUT2D eigenvalue weighted by molar-refractivity contribution is -0.360. The van der Waals surface area contributed by atoms with Crippen LogP contribution in [0.5, 0.6) is 17.2 Å². The van der Waals surface area contributed by atoms with Gasteiger partial charge >= 0.3 is 0 Å². The zero-order valence-electron chi connectivity index (χ0n) is 30.8. The van der Waals surface area contributed by atoms with E-state index in [0.717, 1.165) is 48.3 Å². The first-order chi connectivity index (χ1) is 27.5. The van der Waals surface area contributed by atoms with Crippen LogP contribution >= 0.6 is 23.5 Å². The van der Waals surface area contributed by atoms with E-state index < -0.39 is 17.9 Å². The molecule has 2 spiro atoms. The highest BCUT2D eigenvalue weighted by Crippen LogP contribution is 2.57. The second kappa shape index (κ2) is 17.6. The van der Waals surface area contributed by atoms with Crippen molar-refractivity contribution < 1.29 is 58.3 Å². The Bertz CT molecular complexity index is 1970. The number of aliphatic hydroxyl groups is 4. The SMILES string of the molecule is OCCOc1ccc2c(c1)Sc1ccccc1C21OCC(CCC2COC3(OC2)c2ccccc2Sc2c3ccc(OCCO)c2OCCO)C(OCCO)O1.